The Hall–Kier alpha value is -1.10. The summed E-state index contributed by atoms with van der Waals surface area (Å²) < 4.78 is 5.12. The summed E-state index contributed by atoms with van der Waals surface area (Å²) in [4.78, 5) is 12.0. The number of nitrogens with two attached hydrogens (primary N) is 1. The third-order valence-corrected chi connectivity index (χ3v) is 3.45. The molecule has 0 aliphatic heterocycles. The van der Waals surface area contributed by atoms with E-state index >= 15 is 0 Å². The molecule has 0 aromatic heterocycles. The Morgan fingerprint density at radius 3 is 2.65 bits per heavy atom. The summed E-state index contributed by atoms with van der Waals surface area (Å²) in [7, 11) is 1.56. The minimum Gasteiger partial charge on any atom is -0.380 e. The Morgan fingerprint density at radius 2 is 2.10 bits per heavy atom. The van der Waals surface area contributed by atoms with Crippen LogP contribution in [0.5, 0.6) is 0 Å². The fourth-order valence-corrected chi connectivity index (χ4v) is 2.26. The summed E-state index contributed by atoms with van der Waals surface area (Å²) in [5.74, 6) is -0.0700. The van der Waals surface area contributed by atoms with Gasteiger partial charge >= 0.3 is 0 Å². The summed E-state index contributed by atoms with van der Waals surface area (Å²) in [6, 6.07) is 7.65. The van der Waals surface area contributed by atoms with E-state index in [0.717, 1.165) is 5.56 Å². The van der Waals surface area contributed by atoms with Gasteiger partial charge in [0.05, 0.1) is 12.5 Å². The molecule has 0 saturated heterocycles. The molecule has 112 valence electrons. The van der Waals surface area contributed by atoms with Crippen molar-refractivity contribution in [3.63, 3.8) is 0 Å². The molecule has 4 nitrogen and oxygen atoms in total. The van der Waals surface area contributed by atoms with Crippen molar-refractivity contribution < 1.29 is 9.53 Å². The number of halogens is 1. The maximum absolute atomic E-state index is 12.0. The van der Waals surface area contributed by atoms with Gasteiger partial charge in [0.25, 0.3) is 0 Å². The molecule has 0 aliphatic rings. The highest BCUT2D eigenvalue weighted by Crippen LogP contribution is 2.20. The number of ether oxygens (including phenoxy) is 1. The number of carbonyl (C=O) groups excluding carboxylic acids is 1. The summed E-state index contributed by atoms with van der Waals surface area (Å²) in [5, 5.41) is 3.71. The zero-order chi connectivity index (χ0) is 15.2. The Balaban J connectivity index is 2.61. The van der Waals surface area contributed by atoms with E-state index < -0.39 is 0 Å². The first-order valence-corrected chi connectivity index (χ1v) is 7.03. The smallest absolute Gasteiger partial charge is 0.223 e. The van der Waals surface area contributed by atoms with Crippen LogP contribution in [0.4, 0.5) is 0 Å². The van der Waals surface area contributed by atoms with Gasteiger partial charge in [0.1, 0.15) is 0 Å². The van der Waals surface area contributed by atoms with Crippen LogP contribution in [-0.2, 0) is 16.0 Å². The van der Waals surface area contributed by atoms with Gasteiger partial charge in [-0.15, -0.1) is 0 Å². The minimum absolute atomic E-state index is 0.0700. The van der Waals surface area contributed by atoms with Gasteiger partial charge in [-0.1, -0.05) is 29.8 Å². The molecule has 1 aromatic rings. The Bertz CT molecular complexity index is 445. The maximum Gasteiger partial charge on any atom is 0.223 e. The minimum atomic E-state index is -0.380. The van der Waals surface area contributed by atoms with Gasteiger partial charge in [0.2, 0.25) is 5.91 Å². The quantitative estimate of drug-likeness (QED) is 0.810. The summed E-state index contributed by atoms with van der Waals surface area (Å²) in [5.41, 5.74) is 6.15. The van der Waals surface area contributed by atoms with E-state index in [1.165, 1.54) is 0 Å². The molecule has 1 amide bonds. The largest absolute Gasteiger partial charge is 0.380 e. The van der Waals surface area contributed by atoms with Gasteiger partial charge in [-0.25, -0.2) is 0 Å². The molecule has 0 radical (unpaired) electrons. The highest BCUT2D eigenvalue weighted by atomic mass is 35.5. The zero-order valence-corrected chi connectivity index (χ0v) is 13.0. The predicted octanol–water partition coefficient (Wildman–Crippen LogP) is 2.14. The van der Waals surface area contributed by atoms with E-state index in [0.29, 0.717) is 18.0 Å². The molecule has 0 saturated carbocycles. The van der Waals surface area contributed by atoms with E-state index in [-0.39, 0.29) is 24.0 Å². The Kier molecular flexibility index (Phi) is 6.46. The van der Waals surface area contributed by atoms with Crippen LogP contribution in [0.25, 0.3) is 0 Å². The molecule has 0 fully saturated rings. The Labute approximate surface area is 125 Å². The molecule has 0 spiro atoms. The molecule has 0 aliphatic carbocycles. The maximum atomic E-state index is 12.0. The summed E-state index contributed by atoms with van der Waals surface area (Å²) in [6.07, 6.45) is 0.684. The Morgan fingerprint density at radius 1 is 1.45 bits per heavy atom. The second-order valence-electron chi connectivity index (χ2n) is 5.50. The van der Waals surface area contributed by atoms with Crippen molar-refractivity contribution in [1.82, 2.24) is 5.32 Å². The molecule has 3 N–H and O–H groups in total. The lowest BCUT2D eigenvalue weighted by atomic mass is 9.94. The molecule has 0 heterocycles. The standard InChI is InChI=1S/C15H23ClN2O2/c1-15(2,9-11-6-4-5-7-13(11)16)18-14(19)8-12(10-17)20-3/h4-7,12H,8-10,17H2,1-3H3,(H,18,19). The number of benzene rings is 1. The van der Waals surface area contributed by atoms with Crippen molar-refractivity contribution in [1.29, 1.82) is 0 Å². The van der Waals surface area contributed by atoms with Crippen LogP contribution in [0.2, 0.25) is 5.02 Å². The first-order valence-electron chi connectivity index (χ1n) is 6.65. The molecular weight excluding hydrogens is 276 g/mol. The number of rotatable bonds is 7. The van der Waals surface area contributed by atoms with Crippen LogP contribution in [0, 0.1) is 0 Å². The second-order valence-corrected chi connectivity index (χ2v) is 5.90. The van der Waals surface area contributed by atoms with Crippen molar-refractivity contribution in [2.45, 2.75) is 38.3 Å². The number of amides is 1. The SMILES string of the molecule is COC(CN)CC(=O)NC(C)(C)Cc1ccccc1Cl. The first kappa shape index (κ1) is 17.0. The lowest BCUT2D eigenvalue weighted by molar-refractivity contribution is -0.124. The highest BCUT2D eigenvalue weighted by Gasteiger charge is 2.23. The summed E-state index contributed by atoms with van der Waals surface area (Å²) in [6.45, 7) is 4.27. The molecule has 5 heteroatoms. The third-order valence-electron chi connectivity index (χ3n) is 3.08. The monoisotopic (exact) mass is 298 g/mol. The third kappa shape index (κ3) is 5.49. The van der Waals surface area contributed by atoms with Crippen molar-refractivity contribution >= 4 is 17.5 Å². The second kappa shape index (κ2) is 7.62. The van der Waals surface area contributed by atoms with Gasteiger partial charge in [-0.3, -0.25) is 4.79 Å². The fourth-order valence-electron chi connectivity index (χ4n) is 2.06. The van der Waals surface area contributed by atoms with Crippen molar-refractivity contribution in [2.75, 3.05) is 13.7 Å². The van der Waals surface area contributed by atoms with Gasteiger partial charge in [0, 0.05) is 24.2 Å². The van der Waals surface area contributed by atoms with Gasteiger partial charge in [-0.05, 0) is 31.9 Å². The normalized spacial score (nSPS) is 13.1. The van der Waals surface area contributed by atoms with E-state index in [1.807, 2.05) is 38.1 Å². The number of carbonyl (C=O) groups is 1. The lowest BCUT2D eigenvalue weighted by Gasteiger charge is -2.27. The molecular formula is C15H23ClN2O2. The van der Waals surface area contributed by atoms with Crippen LogP contribution >= 0.6 is 11.6 Å². The molecule has 1 atom stereocenters. The molecule has 20 heavy (non-hydrogen) atoms. The van der Waals surface area contributed by atoms with Crippen molar-refractivity contribution in [3.05, 3.63) is 34.9 Å². The lowest BCUT2D eigenvalue weighted by Crippen LogP contribution is -2.46. The number of nitrogens with one attached hydrogen (secondary N) is 1. The van der Waals surface area contributed by atoms with Crippen molar-refractivity contribution in [3.8, 4) is 0 Å². The van der Waals surface area contributed by atoms with E-state index in [4.69, 9.17) is 22.1 Å². The average molecular weight is 299 g/mol. The fraction of sp³-hybridized carbons (Fsp3) is 0.533. The molecule has 1 aromatic carbocycles. The van der Waals surface area contributed by atoms with E-state index in [9.17, 15) is 4.79 Å². The zero-order valence-electron chi connectivity index (χ0n) is 12.3. The van der Waals surface area contributed by atoms with Crippen LogP contribution in [-0.4, -0.2) is 31.2 Å². The van der Waals surface area contributed by atoms with Crippen LogP contribution in [0.3, 0.4) is 0 Å². The highest BCUT2D eigenvalue weighted by molar-refractivity contribution is 6.31. The first-order chi connectivity index (χ1) is 9.38. The average Bonchev–Trinajstić information content (AvgIpc) is 2.37. The van der Waals surface area contributed by atoms with Crippen LogP contribution in [0.15, 0.2) is 24.3 Å². The van der Waals surface area contributed by atoms with Gasteiger partial charge < -0.3 is 15.8 Å². The number of hydrogen-bond donors (Lipinski definition) is 2. The topological polar surface area (TPSA) is 64.3 Å². The number of methoxy groups -OCH3 is 1. The van der Waals surface area contributed by atoms with Crippen LogP contribution in [0.1, 0.15) is 25.8 Å². The van der Waals surface area contributed by atoms with Crippen LogP contribution < -0.4 is 11.1 Å². The molecule has 0 bridgehead atoms. The molecule has 1 rings (SSSR count). The van der Waals surface area contributed by atoms with Gasteiger partial charge in [-0.2, -0.15) is 0 Å². The van der Waals surface area contributed by atoms with Crippen molar-refractivity contribution in [2.24, 2.45) is 5.73 Å². The summed E-state index contributed by atoms with van der Waals surface area (Å²) >= 11 is 6.15. The predicted molar refractivity (Wildman–Crippen MR) is 81.8 cm³/mol. The molecule has 1 unspecified atom stereocenters. The van der Waals surface area contributed by atoms with E-state index in [2.05, 4.69) is 5.32 Å². The van der Waals surface area contributed by atoms with Gasteiger partial charge in [0.15, 0.2) is 0 Å². The van der Waals surface area contributed by atoms with E-state index in [1.54, 1.807) is 7.11 Å². The number of hydrogen-bond acceptors (Lipinski definition) is 3.